The van der Waals surface area contributed by atoms with Crippen molar-refractivity contribution in [3.63, 3.8) is 0 Å². The molecule has 0 saturated carbocycles. The highest BCUT2D eigenvalue weighted by Crippen LogP contribution is 2.35. The average Bonchev–Trinajstić information content (AvgIpc) is 3.20. The third-order valence-corrected chi connectivity index (χ3v) is 6.00. The van der Waals surface area contributed by atoms with E-state index in [0.29, 0.717) is 30.4 Å². The van der Waals surface area contributed by atoms with Crippen molar-refractivity contribution >= 4 is 27.3 Å². The van der Waals surface area contributed by atoms with Crippen LogP contribution < -0.4 is 13.8 Å². The van der Waals surface area contributed by atoms with Gasteiger partial charge >= 0.3 is 5.97 Å². The molecule has 0 fully saturated rings. The number of carbonyl (C=O) groups excluding carboxylic acids is 1. The number of ether oxygens (including phenoxy) is 3. The largest absolute Gasteiger partial charge is 0.486 e. The second kappa shape index (κ2) is 7.59. The van der Waals surface area contributed by atoms with Crippen LogP contribution in [0.3, 0.4) is 0 Å². The predicted molar refractivity (Wildman–Crippen MR) is 102 cm³/mol. The number of fused-ring (bicyclic) bond motifs is 2. The van der Waals surface area contributed by atoms with Crippen LogP contribution in [-0.4, -0.2) is 55.4 Å². The molecule has 11 heteroatoms. The highest BCUT2D eigenvalue weighted by Gasteiger charge is 2.29. The first-order valence-electron chi connectivity index (χ1n) is 8.86. The summed E-state index contributed by atoms with van der Waals surface area (Å²) >= 11 is 0. The lowest BCUT2D eigenvalue weighted by Crippen LogP contribution is -2.36. The minimum Gasteiger partial charge on any atom is -0.486 e. The Labute approximate surface area is 166 Å². The van der Waals surface area contributed by atoms with Crippen LogP contribution in [0.5, 0.6) is 11.5 Å². The van der Waals surface area contributed by atoms with E-state index >= 15 is 0 Å². The number of rotatable bonds is 6. The minimum atomic E-state index is -4.10. The summed E-state index contributed by atoms with van der Waals surface area (Å²) in [6.07, 6.45) is 2.79. The summed E-state index contributed by atoms with van der Waals surface area (Å²) in [5, 5.41) is 7.61. The molecule has 29 heavy (non-hydrogen) atoms. The zero-order chi connectivity index (χ0) is 20.4. The lowest BCUT2D eigenvalue weighted by atomic mass is 10.2. The molecule has 0 saturated heterocycles. The van der Waals surface area contributed by atoms with E-state index in [4.69, 9.17) is 14.2 Å². The van der Waals surface area contributed by atoms with E-state index in [1.807, 2.05) is 0 Å². The Hall–Kier alpha value is -3.34. The quantitative estimate of drug-likeness (QED) is 0.550. The van der Waals surface area contributed by atoms with Gasteiger partial charge in [-0.3, -0.25) is 13.5 Å². The van der Waals surface area contributed by atoms with Gasteiger partial charge in [0.2, 0.25) is 0 Å². The summed E-state index contributed by atoms with van der Waals surface area (Å²) in [4.78, 5) is 12.1. The highest BCUT2D eigenvalue weighted by atomic mass is 32.2. The second-order valence-electron chi connectivity index (χ2n) is 6.11. The zero-order valence-electron chi connectivity index (χ0n) is 15.5. The Kier molecular flexibility index (Phi) is 4.97. The van der Waals surface area contributed by atoms with E-state index in [1.54, 1.807) is 19.1 Å². The summed E-state index contributed by atoms with van der Waals surface area (Å²) in [5.74, 6) is 0.253. The summed E-state index contributed by atoms with van der Waals surface area (Å²) in [7, 11) is -4.10. The molecule has 2 aromatic heterocycles. The maximum absolute atomic E-state index is 13.4. The van der Waals surface area contributed by atoms with Crippen LogP contribution in [-0.2, 0) is 19.6 Å². The third-order valence-electron chi connectivity index (χ3n) is 4.24. The fourth-order valence-electron chi connectivity index (χ4n) is 2.91. The normalized spacial score (nSPS) is 13.3. The van der Waals surface area contributed by atoms with E-state index in [-0.39, 0.29) is 17.2 Å². The maximum Gasteiger partial charge on any atom is 0.326 e. The lowest BCUT2D eigenvalue weighted by molar-refractivity contribution is -0.141. The van der Waals surface area contributed by atoms with Crippen LogP contribution >= 0.6 is 0 Å². The predicted octanol–water partition coefficient (Wildman–Crippen LogP) is 1.26. The number of aromatic nitrogens is 3. The molecular formula is C18H18N4O6S. The molecule has 0 radical (unpaired) electrons. The number of hydrogen-bond donors (Lipinski definition) is 0. The van der Waals surface area contributed by atoms with Crippen LogP contribution in [0.1, 0.15) is 6.92 Å². The number of hydrogen-bond acceptors (Lipinski definition) is 8. The molecule has 0 amide bonds. The Morgan fingerprint density at radius 2 is 2.00 bits per heavy atom. The minimum absolute atomic E-state index is 0.0241. The van der Waals surface area contributed by atoms with Crippen molar-refractivity contribution in [3.8, 4) is 11.5 Å². The monoisotopic (exact) mass is 418 g/mol. The number of carbonyl (C=O) groups is 1. The molecule has 0 aliphatic carbocycles. The Balaban J connectivity index is 1.77. The van der Waals surface area contributed by atoms with Crippen molar-refractivity contribution in [3.05, 3.63) is 42.9 Å². The van der Waals surface area contributed by atoms with E-state index < -0.39 is 22.5 Å². The van der Waals surface area contributed by atoms with Gasteiger partial charge in [-0.1, -0.05) is 0 Å². The van der Waals surface area contributed by atoms with E-state index in [2.05, 4.69) is 10.2 Å². The molecule has 0 bridgehead atoms. The van der Waals surface area contributed by atoms with Gasteiger partial charge in [-0.15, -0.1) is 10.2 Å². The molecule has 1 aliphatic rings. The maximum atomic E-state index is 13.4. The van der Waals surface area contributed by atoms with E-state index in [1.165, 1.54) is 35.1 Å². The van der Waals surface area contributed by atoms with Gasteiger partial charge in [-0.25, -0.2) is 8.42 Å². The van der Waals surface area contributed by atoms with Crippen molar-refractivity contribution < 1.29 is 27.4 Å². The van der Waals surface area contributed by atoms with Crippen molar-refractivity contribution in [2.45, 2.75) is 11.8 Å². The molecule has 3 aromatic rings. The SMILES string of the molecule is CCOC(=O)CN(c1ccc2c(c1)OCCO2)S(=O)(=O)c1ccc2nncn2c1. The van der Waals surface area contributed by atoms with Crippen LogP contribution in [0.2, 0.25) is 0 Å². The fraction of sp³-hybridized carbons (Fsp3) is 0.278. The summed E-state index contributed by atoms with van der Waals surface area (Å²) in [5.41, 5.74) is 0.756. The van der Waals surface area contributed by atoms with E-state index in [9.17, 15) is 13.2 Å². The van der Waals surface area contributed by atoms with Gasteiger partial charge < -0.3 is 14.2 Å². The summed E-state index contributed by atoms with van der Waals surface area (Å²) in [6.45, 7) is 2.07. The average molecular weight is 418 g/mol. The molecule has 1 aromatic carbocycles. The first-order chi connectivity index (χ1) is 14.0. The van der Waals surface area contributed by atoms with Crippen molar-refractivity contribution in [1.82, 2.24) is 14.6 Å². The van der Waals surface area contributed by atoms with Gasteiger partial charge in [-0.2, -0.15) is 0 Å². The lowest BCUT2D eigenvalue weighted by Gasteiger charge is -2.25. The van der Waals surface area contributed by atoms with Crippen LogP contribution in [0, 0.1) is 0 Å². The third kappa shape index (κ3) is 3.68. The highest BCUT2D eigenvalue weighted by molar-refractivity contribution is 7.92. The van der Waals surface area contributed by atoms with Gasteiger partial charge in [0.05, 0.1) is 12.3 Å². The summed E-state index contributed by atoms with van der Waals surface area (Å²) < 4.78 is 45.3. The number of pyridine rings is 1. The van der Waals surface area contributed by atoms with Gasteiger partial charge in [0.25, 0.3) is 10.0 Å². The Morgan fingerprint density at radius 1 is 1.21 bits per heavy atom. The standard InChI is InChI=1S/C18H18N4O6S/c1-2-26-18(23)11-22(13-3-5-15-16(9-13)28-8-7-27-15)29(24,25)14-4-6-17-20-19-12-21(17)10-14/h3-6,9-10,12H,2,7-8,11H2,1H3. The van der Waals surface area contributed by atoms with Gasteiger partial charge in [0.15, 0.2) is 17.1 Å². The van der Waals surface area contributed by atoms with Crippen LogP contribution in [0.4, 0.5) is 5.69 Å². The first kappa shape index (κ1) is 19.0. The molecule has 4 rings (SSSR count). The topological polar surface area (TPSA) is 112 Å². The fourth-order valence-corrected chi connectivity index (χ4v) is 4.32. The molecule has 1 aliphatic heterocycles. The molecule has 0 N–H and O–H groups in total. The molecule has 3 heterocycles. The second-order valence-corrected chi connectivity index (χ2v) is 7.97. The number of sulfonamides is 1. The van der Waals surface area contributed by atoms with Crippen LogP contribution in [0.15, 0.2) is 47.8 Å². The molecule has 0 unspecified atom stereocenters. The Morgan fingerprint density at radius 3 is 2.79 bits per heavy atom. The van der Waals surface area contributed by atoms with Crippen molar-refractivity contribution in [2.75, 3.05) is 30.7 Å². The molecule has 152 valence electrons. The number of esters is 1. The molecule has 0 atom stereocenters. The Bertz CT molecular complexity index is 1160. The zero-order valence-corrected chi connectivity index (χ0v) is 16.3. The molecule has 10 nitrogen and oxygen atoms in total. The molecular weight excluding hydrogens is 400 g/mol. The van der Waals surface area contributed by atoms with Gasteiger partial charge in [0, 0.05) is 12.3 Å². The summed E-state index contributed by atoms with van der Waals surface area (Å²) in [6, 6.07) is 7.65. The number of nitrogens with zero attached hydrogens (tertiary/aromatic N) is 4. The van der Waals surface area contributed by atoms with Gasteiger partial charge in [-0.05, 0) is 31.2 Å². The van der Waals surface area contributed by atoms with Crippen LogP contribution in [0.25, 0.3) is 5.65 Å². The van der Waals surface area contributed by atoms with Crippen molar-refractivity contribution in [2.24, 2.45) is 0 Å². The van der Waals surface area contributed by atoms with E-state index in [0.717, 1.165) is 4.31 Å². The number of anilines is 1. The number of benzene rings is 1. The first-order valence-corrected chi connectivity index (χ1v) is 10.3. The molecule has 0 spiro atoms. The smallest absolute Gasteiger partial charge is 0.326 e. The van der Waals surface area contributed by atoms with Crippen molar-refractivity contribution in [1.29, 1.82) is 0 Å². The van der Waals surface area contributed by atoms with Gasteiger partial charge in [0.1, 0.15) is 31.0 Å².